The number of nitriles is 1. The van der Waals surface area contributed by atoms with E-state index < -0.39 is 0 Å². The van der Waals surface area contributed by atoms with E-state index in [0.717, 1.165) is 39.1 Å². The summed E-state index contributed by atoms with van der Waals surface area (Å²) in [6, 6.07) is 4.46. The first-order chi connectivity index (χ1) is 9.03. The van der Waals surface area contributed by atoms with Gasteiger partial charge in [-0.2, -0.15) is 10.4 Å². The number of rotatable bonds is 4. The second kappa shape index (κ2) is 5.72. The fourth-order valence-corrected chi connectivity index (χ4v) is 2.52. The number of piperazine rings is 1. The predicted molar refractivity (Wildman–Crippen MR) is 74.6 cm³/mol. The molecule has 0 spiro atoms. The van der Waals surface area contributed by atoms with E-state index in [0.29, 0.717) is 0 Å². The number of hydrogen-bond donors (Lipinski definition) is 0. The molecule has 1 aromatic rings. The second-order valence-corrected chi connectivity index (χ2v) is 5.70. The van der Waals surface area contributed by atoms with Gasteiger partial charge in [0.1, 0.15) is 5.54 Å². The molecule has 0 radical (unpaired) electrons. The first-order valence-corrected chi connectivity index (χ1v) is 6.88. The summed E-state index contributed by atoms with van der Waals surface area (Å²) in [4.78, 5) is 4.74. The maximum Gasteiger partial charge on any atom is 0.103 e. The summed E-state index contributed by atoms with van der Waals surface area (Å²) >= 11 is 0. The van der Waals surface area contributed by atoms with Crippen molar-refractivity contribution in [1.82, 2.24) is 19.6 Å². The molecule has 0 saturated carbocycles. The minimum Gasteiger partial charge on any atom is -0.300 e. The molecule has 104 valence electrons. The minimum atomic E-state index is -0.339. The largest absolute Gasteiger partial charge is 0.300 e. The van der Waals surface area contributed by atoms with Crippen LogP contribution in [0.2, 0.25) is 0 Å². The molecule has 1 saturated heterocycles. The Balaban J connectivity index is 1.78. The first-order valence-electron chi connectivity index (χ1n) is 6.88. The van der Waals surface area contributed by atoms with Gasteiger partial charge in [0, 0.05) is 58.1 Å². The monoisotopic (exact) mass is 261 g/mol. The Morgan fingerprint density at radius 2 is 2.00 bits per heavy atom. The SMILES string of the molecule is Cn1nccc1CCN1CCN(C(C)(C)C#N)CC1. The van der Waals surface area contributed by atoms with Gasteiger partial charge in [0.15, 0.2) is 0 Å². The van der Waals surface area contributed by atoms with Gasteiger partial charge in [-0.25, -0.2) is 0 Å². The molecule has 2 heterocycles. The highest BCUT2D eigenvalue weighted by Gasteiger charge is 2.29. The first kappa shape index (κ1) is 14.0. The zero-order chi connectivity index (χ0) is 13.9. The molecule has 0 N–H and O–H groups in total. The lowest BCUT2D eigenvalue weighted by Crippen LogP contribution is -2.54. The van der Waals surface area contributed by atoms with E-state index in [1.165, 1.54) is 5.69 Å². The molecule has 0 bridgehead atoms. The minimum absolute atomic E-state index is 0.339. The fraction of sp³-hybridized carbons (Fsp3) is 0.714. The highest BCUT2D eigenvalue weighted by Crippen LogP contribution is 2.16. The number of nitrogens with zero attached hydrogens (tertiary/aromatic N) is 5. The summed E-state index contributed by atoms with van der Waals surface area (Å²) in [5.74, 6) is 0. The van der Waals surface area contributed by atoms with Crippen molar-refractivity contribution in [2.75, 3.05) is 32.7 Å². The van der Waals surface area contributed by atoms with Gasteiger partial charge in [-0.1, -0.05) is 0 Å². The Hall–Kier alpha value is -1.38. The smallest absolute Gasteiger partial charge is 0.103 e. The fourth-order valence-electron chi connectivity index (χ4n) is 2.52. The molecule has 1 aromatic heterocycles. The van der Waals surface area contributed by atoms with Crippen LogP contribution < -0.4 is 0 Å². The van der Waals surface area contributed by atoms with Crippen LogP contribution in [0.25, 0.3) is 0 Å². The third kappa shape index (κ3) is 3.34. The van der Waals surface area contributed by atoms with Crippen LogP contribution in [0, 0.1) is 11.3 Å². The van der Waals surface area contributed by atoms with E-state index in [9.17, 15) is 0 Å². The molecule has 0 amide bonds. The van der Waals surface area contributed by atoms with Gasteiger partial charge in [0.05, 0.1) is 6.07 Å². The summed E-state index contributed by atoms with van der Waals surface area (Å²) in [5, 5.41) is 13.3. The molecule has 1 aliphatic rings. The Bertz CT molecular complexity index is 449. The predicted octanol–water partition coefficient (Wildman–Crippen LogP) is 0.882. The van der Waals surface area contributed by atoms with Crippen LogP contribution in [0.4, 0.5) is 0 Å². The van der Waals surface area contributed by atoms with Crippen molar-refractivity contribution in [3.63, 3.8) is 0 Å². The van der Waals surface area contributed by atoms with Crippen molar-refractivity contribution in [3.05, 3.63) is 18.0 Å². The molecule has 5 heteroatoms. The number of aryl methyl sites for hydroxylation is 1. The molecule has 5 nitrogen and oxygen atoms in total. The third-order valence-electron chi connectivity index (χ3n) is 4.04. The summed E-state index contributed by atoms with van der Waals surface area (Å²) < 4.78 is 1.94. The van der Waals surface area contributed by atoms with Crippen LogP contribution in [0.3, 0.4) is 0 Å². The maximum absolute atomic E-state index is 9.16. The Kier molecular flexibility index (Phi) is 4.23. The van der Waals surface area contributed by atoms with Crippen molar-refractivity contribution in [3.8, 4) is 6.07 Å². The summed E-state index contributed by atoms with van der Waals surface area (Å²) in [6.07, 6.45) is 2.89. The maximum atomic E-state index is 9.16. The Labute approximate surface area is 115 Å². The van der Waals surface area contributed by atoms with Gasteiger partial charge in [0.25, 0.3) is 0 Å². The highest BCUT2D eigenvalue weighted by atomic mass is 15.3. The van der Waals surface area contributed by atoms with Crippen molar-refractivity contribution in [2.45, 2.75) is 25.8 Å². The topological polar surface area (TPSA) is 48.1 Å². The summed E-state index contributed by atoms with van der Waals surface area (Å²) in [5.41, 5.74) is 0.938. The molecular formula is C14H23N5. The van der Waals surface area contributed by atoms with Gasteiger partial charge in [0.2, 0.25) is 0 Å². The average Bonchev–Trinajstić information content (AvgIpc) is 2.82. The Morgan fingerprint density at radius 3 is 2.53 bits per heavy atom. The van der Waals surface area contributed by atoms with E-state index in [-0.39, 0.29) is 5.54 Å². The second-order valence-electron chi connectivity index (χ2n) is 5.70. The lowest BCUT2D eigenvalue weighted by Gasteiger charge is -2.40. The van der Waals surface area contributed by atoms with Crippen LogP contribution in [0.1, 0.15) is 19.5 Å². The van der Waals surface area contributed by atoms with Gasteiger partial charge in [-0.15, -0.1) is 0 Å². The van der Waals surface area contributed by atoms with Crippen LogP contribution in [-0.2, 0) is 13.5 Å². The highest BCUT2D eigenvalue weighted by molar-refractivity contribution is 5.03. The Morgan fingerprint density at radius 1 is 1.32 bits per heavy atom. The number of hydrogen-bond acceptors (Lipinski definition) is 4. The van der Waals surface area contributed by atoms with Crippen LogP contribution in [-0.4, -0.2) is 57.8 Å². The summed E-state index contributed by atoms with van der Waals surface area (Å²) in [7, 11) is 1.99. The lowest BCUT2D eigenvalue weighted by molar-refractivity contribution is 0.0805. The molecule has 0 aliphatic carbocycles. The summed E-state index contributed by atoms with van der Waals surface area (Å²) in [6.45, 7) is 9.11. The van der Waals surface area contributed by atoms with Crippen LogP contribution >= 0.6 is 0 Å². The van der Waals surface area contributed by atoms with E-state index in [2.05, 4.69) is 27.0 Å². The van der Waals surface area contributed by atoms with E-state index in [1.807, 2.05) is 31.8 Å². The van der Waals surface area contributed by atoms with Crippen LogP contribution in [0.5, 0.6) is 0 Å². The van der Waals surface area contributed by atoms with Gasteiger partial charge in [-0.3, -0.25) is 9.58 Å². The van der Waals surface area contributed by atoms with E-state index in [1.54, 1.807) is 0 Å². The average molecular weight is 261 g/mol. The lowest BCUT2D eigenvalue weighted by atomic mass is 10.0. The van der Waals surface area contributed by atoms with E-state index >= 15 is 0 Å². The van der Waals surface area contributed by atoms with Gasteiger partial charge < -0.3 is 4.90 Å². The molecule has 19 heavy (non-hydrogen) atoms. The van der Waals surface area contributed by atoms with Gasteiger partial charge >= 0.3 is 0 Å². The normalized spacial score (nSPS) is 18.4. The van der Waals surface area contributed by atoms with Crippen molar-refractivity contribution >= 4 is 0 Å². The van der Waals surface area contributed by atoms with Crippen LogP contribution in [0.15, 0.2) is 12.3 Å². The quantitative estimate of drug-likeness (QED) is 0.807. The molecule has 0 atom stereocenters. The number of aromatic nitrogens is 2. The molecule has 0 unspecified atom stereocenters. The standard InChI is InChI=1S/C14H23N5/c1-14(2,12-15)19-10-8-18(9-11-19)7-5-13-4-6-16-17(13)3/h4,6H,5,7-11H2,1-3H3. The van der Waals surface area contributed by atoms with Crippen molar-refractivity contribution in [1.29, 1.82) is 5.26 Å². The zero-order valence-electron chi connectivity index (χ0n) is 12.1. The molecule has 2 rings (SSSR count). The van der Waals surface area contributed by atoms with Gasteiger partial charge in [-0.05, 0) is 19.9 Å². The third-order valence-corrected chi connectivity index (χ3v) is 4.04. The molecule has 1 fully saturated rings. The van der Waals surface area contributed by atoms with E-state index in [4.69, 9.17) is 5.26 Å². The molecular weight excluding hydrogens is 238 g/mol. The molecule has 0 aromatic carbocycles. The van der Waals surface area contributed by atoms with Crippen molar-refractivity contribution in [2.24, 2.45) is 7.05 Å². The molecule has 1 aliphatic heterocycles. The zero-order valence-corrected chi connectivity index (χ0v) is 12.1. The van der Waals surface area contributed by atoms with Crippen molar-refractivity contribution < 1.29 is 0 Å².